The van der Waals surface area contributed by atoms with Gasteiger partial charge >= 0.3 is 0 Å². The molecule has 0 aliphatic carbocycles. The van der Waals surface area contributed by atoms with Crippen LogP contribution in [-0.4, -0.2) is 17.6 Å². The number of aromatic nitrogens is 1. The summed E-state index contributed by atoms with van der Waals surface area (Å²) in [6.07, 6.45) is 2.26. The van der Waals surface area contributed by atoms with Gasteiger partial charge in [-0.25, -0.2) is 4.98 Å². The number of benzene rings is 1. The summed E-state index contributed by atoms with van der Waals surface area (Å²) in [6.45, 7) is 7.76. The van der Waals surface area contributed by atoms with Crippen LogP contribution in [0.15, 0.2) is 24.3 Å². The molecule has 1 unspecified atom stereocenters. The zero-order valence-corrected chi connectivity index (χ0v) is 12.3. The van der Waals surface area contributed by atoms with Gasteiger partial charge in [-0.2, -0.15) is 0 Å². The van der Waals surface area contributed by atoms with Crippen molar-refractivity contribution in [2.24, 2.45) is 5.92 Å². The van der Waals surface area contributed by atoms with Crippen molar-refractivity contribution < 1.29 is 0 Å². The van der Waals surface area contributed by atoms with E-state index in [1.165, 1.54) is 16.1 Å². The first-order valence-corrected chi connectivity index (χ1v) is 7.58. The molecule has 98 valence electrons. The lowest BCUT2D eigenvalue weighted by Gasteiger charge is -2.18. The molecule has 0 amide bonds. The minimum absolute atomic E-state index is 0.551. The van der Waals surface area contributed by atoms with E-state index in [0.29, 0.717) is 6.04 Å². The summed E-state index contributed by atoms with van der Waals surface area (Å²) in [5, 5.41) is 4.83. The molecule has 2 rings (SSSR count). The number of likely N-dealkylation sites (N-methyl/N-ethyl adjacent to an activating group) is 1. The van der Waals surface area contributed by atoms with Crippen LogP contribution in [0.4, 0.5) is 0 Å². The lowest BCUT2D eigenvalue weighted by atomic mass is 10.0. The molecule has 2 aromatic rings. The second-order valence-corrected chi connectivity index (χ2v) is 6.28. The smallest absolute Gasteiger partial charge is 0.0954 e. The van der Waals surface area contributed by atoms with Crippen LogP contribution in [0.25, 0.3) is 10.2 Å². The van der Waals surface area contributed by atoms with Gasteiger partial charge in [-0.3, -0.25) is 0 Å². The third kappa shape index (κ3) is 3.53. The topological polar surface area (TPSA) is 24.9 Å². The predicted octanol–water partition coefficient (Wildman–Crippen LogP) is 3.86. The lowest BCUT2D eigenvalue weighted by Crippen LogP contribution is -2.32. The number of nitrogens with one attached hydrogen (secondary N) is 1. The van der Waals surface area contributed by atoms with Crippen LogP contribution < -0.4 is 5.32 Å². The second-order valence-electron chi connectivity index (χ2n) is 5.16. The molecule has 0 fully saturated rings. The van der Waals surface area contributed by atoms with E-state index < -0.39 is 0 Å². The van der Waals surface area contributed by atoms with Gasteiger partial charge in [-0.05, 0) is 31.0 Å². The van der Waals surface area contributed by atoms with Gasteiger partial charge in [0.2, 0.25) is 0 Å². The van der Waals surface area contributed by atoms with Gasteiger partial charge in [0.15, 0.2) is 0 Å². The molecule has 18 heavy (non-hydrogen) atoms. The Balaban J connectivity index is 2.09. The fraction of sp³-hybridized carbons (Fsp3) is 0.533. The fourth-order valence-corrected chi connectivity index (χ4v) is 3.36. The highest BCUT2D eigenvalue weighted by Crippen LogP contribution is 2.23. The number of para-hydroxylation sites is 1. The summed E-state index contributed by atoms with van der Waals surface area (Å²) in [4.78, 5) is 4.72. The Bertz CT molecular complexity index is 457. The van der Waals surface area contributed by atoms with Gasteiger partial charge in [0, 0.05) is 12.5 Å². The highest BCUT2D eigenvalue weighted by Gasteiger charge is 2.13. The number of hydrogen-bond acceptors (Lipinski definition) is 3. The van der Waals surface area contributed by atoms with Gasteiger partial charge in [0.25, 0.3) is 0 Å². The summed E-state index contributed by atoms with van der Waals surface area (Å²) >= 11 is 1.83. The summed E-state index contributed by atoms with van der Waals surface area (Å²) in [5.74, 6) is 0.725. The van der Waals surface area contributed by atoms with Crippen molar-refractivity contribution in [1.82, 2.24) is 10.3 Å². The fourth-order valence-electron chi connectivity index (χ4n) is 2.31. The normalized spacial score (nSPS) is 13.3. The van der Waals surface area contributed by atoms with Crippen LogP contribution in [-0.2, 0) is 6.42 Å². The van der Waals surface area contributed by atoms with Crippen LogP contribution in [0.2, 0.25) is 0 Å². The Kier molecular flexibility index (Phi) is 4.72. The van der Waals surface area contributed by atoms with Crippen molar-refractivity contribution in [2.45, 2.75) is 39.7 Å². The zero-order valence-electron chi connectivity index (χ0n) is 11.4. The van der Waals surface area contributed by atoms with E-state index in [9.17, 15) is 0 Å². The molecule has 1 heterocycles. The molecule has 0 radical (unpaired) electrons. The molecule has 0 aliphatic rings. The summed E-state index contributed by atoms with van der Waals surface area (Å²) in [7, 11) is 0. The molecular weight excluding hydrogens is 240 g/mol. The molecule has 2 nitrogen and oxygen atoms in total. The molecule has 3 heteroatoms. The van der Waals surface area contributed by atoms with E-state index in [4.69, 9.17) is 4.98 Å². The SMILES string of the molecule is CCNC(Cc1nc2ccccc2s1)CC(C)C. The number of rotatable bonds is 6. The van der Waals surface area contributed by atoms with E-state index in [1.54, 1.807) is 0 Å². The van der Waals surface area contributed by atoms with Crippen molar-refractivity contribution in [3.63, 3.8) is 0 Å². The van der Waals surface area contributed by atoms with Crippen molar-refractivity contribution in [2.75, 3.05) is 6.54 Å². The highest BCUT2D eigenvalue weighted by molar-refractivity contribution is 7.18. The predicted molar refractivity (Wildman–Crippen MR) is 80.2 cm³/mol. The molecule has 0 saturated carbocycles. The average Bonchev–Trinajstić information content (AvgIpc) is 2.70. The first kappa shape index (κ1) is 13.5. The number of hydrogen-bond donors (Lipinski definition) is 1. The van der Waals surface area contributed by atoms with E-state index in [2.05, 4.69) is 50.4 Å². The molecule has 0 spiro atoms. The molecule has 0 saturated heterocycles. The lowest BCUT2D eigenvalue weighted by molar-refractivity contribution is 0.423. The maximum atomic E-state index is 4.72. The molecule has 0 bridgehead atoms. The molecule has 1 N–H and O–H groups in total. The largest absolute Gasteiger partial charge is 0.314 e. The Hall–Kier alpha value is -0.930. The summed E-state index contributed by atoms with van der Waals surface area (Å²) in [5.41, 5.74) is 1.14. The van der Waals surface area contributed by atoms with Crippen molar-refractivity contribution in [3.05, 3.63) is 29.3 Å². The second kappa shape index (κ2) is 6.30. The maximum absolute atomic E-state index is 4.72. The Morgan fingerprint density at radius 1 is 1.28 bits per heavy atom. The first-order valence-electron chi connectivity index (χ1n) is 6.77. The van der Waals surface area contributed by atoms with E-state index in [0.717, 1.165) is 24.4 Å². The average molecular weight is 262 g/mol. The maximum Gasteiger partial charge on any atom is 0.0954 e. The van der Waals surface area contributed by atoms with Gasteiger partial charge < -0.3 is 5.32 Å². The summed E-state index contributed by atoms with van der Waals surface area (Å²) < 4.78 is 1.30. The van der Waals surface area contributed by atoms with Crippen LogP contribution in [0.5, 0.6) is 0 Å². The Morgan fingerprint density at radius 3 is 2.72 bits per heavy atom. The van der Waals surface area contributed by atoms with Gasteiger partial charge in [0.1, 0.15) is 0 Å². The monoisotopic (exact) mass is 262 g/mol. The van der Waals surface area contributed by atoms with Crippen LogP contribution in [0.3, 0.4) is 0 Å². The molecule has 1 atom stereocenters. The molecule has 1 aromatic heterocycles. The zero-order chi connectivity index (χ0) is 13.0. The van der Waals surface area contributed by atoms with Crippen LogP contribution >= 0.6 is 11.3 Å². The van der Waals surface area contributed by atoms with Gasteiger partial charge in [-0.1, -0.05) is 32.9 Å². The number of thiazole rings is 1. The first-order chi connectivity index (χ1) is 8.69. The minimum atomic E-state index is 0.551. The van der Waals surface area contributed by atoms with Gasteiger partial charge in [-0.15, -0.1) is 11.3 Å². The van der Waals surface area contributed by atoms with Crippen molar-refractivity contribution >= 4 is 21.6 Å². The third-order valence-electron chi connectivity index (χ3n) is 3.01. The number of nitrogens with zero attached hydrogens (tertiary/aromatic N) is 1. The minimum Gasteiger partial charge on any atom is -0.314 e. The van der Waals surface area contributed by atoms with Crippen molar-refractivity contribution in [1.29, 1.82) is 0 Å². The van der Waals surface area contributed by atoms with Crippen molar-refractivity contribution in [3.8, 4) is 0 Å². The third-order valence-corrected chi connectivity index (χ3v) is 4.07. The Morgan fingerprint density at radius 2 is 2.06 bits per heavy atom. The molecule has 0 aliphatic heterocycles. The summed E-state index contributed by atoms with van der Waals surface area (Å²) in [6, 6.07) is 8.94. The van der Waals surface area contributed by atoms with E-state index in [-0.39, 0.29) is 0 Å². The van der Waals surface area contributed by atoms with Crippen LogP contribution in [0, 0.1) is 5.92 Å². The standard InChI is InChI=1S/C15H22N2S/c1-4-16-12(9-11(2)3)10-15-17-13-7-5-6-8-14(13)18-15/h5-8,11-12,16H,4,9-10H2,1-3H3. The van der Waals surface area contributed by atoms with Crippen LogP contribution in [0.1, 0.15) is 32.2 Å². The quantitative estimate of drug-likeness (QED) is 0.855. The molecular formula is C15H22N2S. The number of fused-ring (bicyclic) bond motifs is 1. The van der Waals surface area contributed by atoms with E-state index in [1.807, 2.05) is 11.3 Å². The Labute approximate surface area is 113 Å². The van der Waals surface area contributed by atoms with E-state index >= 15 is 0 Å². The van der Waals surface area contributed by atoms with Gasteiger partial charge in [0.05, 0.1) is 15.2 Å². The highest BCUT2D eigenvalue weighted by atomic mass is 32.1. The molecule has 1 aromatic carbocycles.